The van der Waals surface area contributed by atoms with Crippen molar-refractivity contribution in [2.24, 2.45) is 0 Å². The Labute approximate surface area is 133 Å². The molecule has 0 spiro atoms. The van der Waals surface area contributed by atoms with E-state index in [0.29, 0.717) is 16.8 Å². The predicted molar refractivity (Wildman–Crippen MR) is 90.5 cm³/mol. The van der Waals surface area contributed by atoms with Crippen molar-refractivity contribution < 1.29 is 8.42 Å². The van der Waals surface area contributed by atoms with Gasteiger partial charge < -0.3 is 5.32 Å². The summed E-state index contributed by atoms with van der Waals surface area (Å²) in [5, 5.41) is 3.35. The number of rotatable bonds is 9. The molecule has 122 valence electrons. The summed E-state index contributed by atoms with van der Waals surface area (Å²) in [5.74, 6) is 0. The Morgan fingerprint density at radius 2 is 1.90 bits per heavy atom. The average Bonchev–Trinajstić information content (AvgIpc) is 2.88. The molecule has 0 radical (unpaired) electrons. The number of hydrogen-bond acceptors (Lipinski definition) is 4. The Morgan fingerprint density at radius 1 is 1.24 bits per heavy atom. The molecule has 0 saturated carbocycles. The Balaban J connectivity index is 2.82. The fourth-order valence-electron chi connectivity index (χ4n) is 2.15. The Morgan fingerprint density at radius 3 is 2.43 bits per heavy atom. The van der Waals surface area contributed by atoms with Crippen molar-refractivity contribution in [3.05, 3.63) is 17.0 Å². The highest BCUT2D eigenvalue weighted by Gasteiger charge is 2.28. The SMILES string of the molecule is CCC(C)N(CC)S(=O)(=O)c1ccc(CCNC(C)C)s1. The molecule has 1 aromatic heterocycles. The molecule has 1 N–H and O–H groups in total. The van der Waals surface area contributed by atoms with Crippen molar-refractivity contribution in [2.45, 2.75) is 63.8 Å². The van der Waals surface area contributed by atoms with Crippen LogP contribution in [-0.2, 0) is 16.4 Å². The summed E-state index contributed by atoms with van der Waals surface area (Å²) in [7, 11) is -3.35. The minimum atomic E-state index is -3.35. The van der Waals surface area contributed by atoms with Crippen LogP contribution >= 0.6 is 11.3 Å². The molecule has 6 heteroatoms. The first kappa shape index (κ1) is 18.6. The molecule has 0 aromatic carbocycles. The summed E-state index contributed by atoms with van der Waals surface area (Å²) in [5.41, 5.74) is 0. The topological polar surface area (TPSA) is 49.4 Å². The van der Waals surface area contributed by atoms with Gasteiger partial charge in [0.25, 0.3) is 10.0 Å². The molecule has 0 aliphatic heterocycles. The van der Waals surface area contributed by atoms with Crippen LogP contribution in [0.1, 0.15) is 45.9 Å². The third kappa shape index (κ3) is 5.06. The van der Waals surface area contributed by atoms with E-state index in [1.807, 2.05) is 26.8 Å². The summed E-state index contributed by atoms with van der Waals surface area (Å²) in [6, 6.07) is 4.17. The Bertz CT molecular complexity index is 524. The van der Waals surface area contributed by atoms with E-state index in [1.54, 1.807) is 10.4 Å². The van der Waals surface area contributed by atoms with Gasteiger partial charge in [-0.3, -0.25) is 0 Å². The van der Waals surface area contributed by atoms with E-state index in [0.717, 1.165) is 24.3 Å². The van der Waals surface area contributed by atoms with Crippen molar-refractivity contribution in [3.63, 3.8) is 0 Å². The molecule has 1 heterocycles. The minimum absolute atomic E-state index is 0.0353. The van der Waals surface area contributed by atoms with Crippen LogP contribution in [0.3, 0.4) is 0 Å². The van der Waals surface area contributed by atoms with Gasteiger partial charge >= 0.3 is 0 Å². The van der Waals surface area contributed by atoms with Crippen LogP contribution in [0.2, 0.25) is 0 Å². The van der Waals surface area contributed by atoms with E-state index in [-0.39, 0.29) is 6.04 Å². The summed E-state index contributed by atoms with van der Waals surface area (Å²) in [6.07, 6.45) is 1.69. The second kappa shape index (κ2) is 8.27. The zero-order chi connectivity index (χ0) is 16.0. The zero-order valence-corrected chi connectivity index (χ0v) is 15.4. The van der Waals surface area contributed by atoms with Gasteiger partial charge in [0.05, 0.1) is 0 Å². The summed E-state index contributed by atoms with van der Waals surface area (Å²) >= 11 is 1.39. The molecule has 1 atom stereocenters. The predicted octanol–water partition coefficient (Wildman–Crippen LogP) is 3.10. The summed E-state index contributed by atoms with van der Waals surface area (Å²) in [4.78, 5) is 1.11. The van der Waals surface area contributed by atoms with Crippen molar-refractivity contribution in [1.82, 2.24) is 9.62 Å². The lowest BCUT2D eigenvalue weighted by Gasteiger charge is -2.25. The second-order valence-electron chi connectivity index (χ2n) is 5.55. The van der Waals surface area contributed by atoms with Gasteiger partial charge in [-0.1, -0.05) is 27.7 Å². The number of sulfonamides is 1. The van der Waals surface area contributed by atoms with Gasteiger partial charge in [-0.05, 0) is 31.9 Å². The minimum Gasteiger partial charge on any atom is -0.314 e. The van der Waals surface area contributed by atoms with E-state index in [4.69, 9.17) is 0 Å². The van der Waals surface area contributed by atoms with E-state index < -0.39 is 10.0 Å². The van der Waals surface area contributed by atoms with Crippen molar-refractivity contribution in [2.75, 3.05) is 13.1 Å². The van der Waals surface area contributed by atoms with E-state index in [2.05, 4.69) is 19.2 Å². The molecule has 1 aromatic rings. The molecule has 0 bridgehead atoms. The molecule has 0 fully saturated rings. The van der Waals surface area contributed by atoms with Crippen molar-refractivity contribution in [1.29, 1.82) is 0 Å². The standard InChI is InChI=1S/C15H28N2O2S2/c1-6-13(5)17(7-2)21(18,19)15-9-8-14(20-15)10-11-16-12(3)4/h8-9,12-13,16H,6-7,10-11H2,1-5H3. The first-order valence-electron chi connectivity index (χ1n) is 7.66. The Kier molecular flexibility index (Phi) is 7.33. The highest BCUT2D eigenvalue weighted by molar-refractivity contribution is 7.91. The van der Waals surface area contributed by atoms with Gasteiger partial charge in [-0.15, -0.1) is 11.3 Å². The third-order valence-electron chi connectivity index (χ3n) is 3.52. The van der Waals surface area contributed by atoms with Crippen molar-refractivity contribution >= 4 is 21.4 Å². The third-order valence-corrected chi connectivity index (χ3v) is 7.22. The summed E-state index contributed by atoms with van der Waals surface area (Å²) < 4.78 is 27.4. The molecular weight excluding hydrogens is 304 g/mol. The fourth-order valence-corrected chi connectivity index (χ4v) is 5.35. The number of nitrogens with one attached hydrogen (secondary N) is 1. The highest BCUT2D eigenvalue weighted by Crippen LogP contribution is 2.26. The van der Waals surface area contributed by atoms with E-state index in [1.165, 1.54) is 11.3 Å². The van der Waals surface area contributed by atoms with Crippen LogP contribution in [-0.4, -0.2) is 37.9 Å². The molecule has 0 aliphatic rings. The summed E-state index contributed by atoms with van der Waals surface area (Å²) in [6.45, 7) is 11.5. The van der Waals surface area contributed by atoms with Crippen LogP contribution in [0.25, 0.3) is 0 Å². The van der Waals surface area contributed by atoms with E-state index >= 15 is 0 Å². The van der Waals surface area contributed by atoms with Gasteiger partial charge in [0, 0.05) is 30.1 Å². The molecule has 21 heavy (non-hydrogen) atoms. The molecular formula is C15H28N2O2S2. The molecule has 1 rings (SSSR count). The molecule has 4 nitrogen and oxygen atoms in total. The first-order valence-corrected chi connectivity index (χ1v) is 9.92. The quantitative estimate of drug-likeness (QED) is 0.756. The maximum Gasteiger partial charge on any atom is 0.252 e. The normalized spacial score (nSPS) is 14.0. The van der Waals surface area contributed by atoms with Crippen LogP contribution in [0.15, 0.2) is 16.3 Å². The maximum atomic E-state index is 12.7. The van der Waals surface area contributed by atoms with Gasteiger partial charge in [0.1, 0.15) is 4.21 Å². The van der Waals surface area contributed by atoms with Crippen LogP contribution in [0.4, 0.5) is 0 Å². The van der Waals surface area contributed by atoms with Crippen LogP contribution < -0.4 is 5.32 Å². The van der Waals surface area contributed by atoms with Crippen LogP contribution in [0.5, 0.6) is 0 Å². The largest absolute Gasteiger partial charge is 0.314 e. The van der Waals surface area contributed by atoms with Gasteiger partial charge in [-0.25, -0.2) is 8.42 Å². The van der Waals surface area contributed by atoms with Gasteiger partial charge in [0.2, 0.25) is 0 Å². The monoisotopic (exact) mass is 332 g/mol. The number of hydrogen-bond donors (Lipinski definition) is 1. The molecule has 1 unspecified atom stereocenters. The number of nitrogens with zero attached hydrogens (tertiary/aromatic N) is 1. The molecule has 0 amide bonds. The second-order valence-corrected chi connectivity index (χ2v) is 8.83. The average molecular weight is 333 g/mol. The van der Waals surface area contributed by atoms with Crippen LogP contribution in [0, 0.1) is 0 Å². The molecule has 0 saturated heterocycles. The number of thiophene rings is 1. The first-order chi connectivity index (χ1) is 9.82. The van der Waals surface area contributed by atoms with Crippen molar-refractivity contribution in [3.8, 4) is 0 Å². The lowest BCUT2D eigenvalue weighted by molar-refractivity contribution is 0.343. The lowest BCUT2D eigenvalue weighted by atomic mass is 10.3. The Hall–Kier alpha value is -0.430. The smallest absolute Gasteiger partial charge is 0.252 e. The van der Waals surface area contributed by atoms with Gasteiger partial charge in [-0.2, -0.15) is 4.31 Å². The fraction of sp³-hybridized carbons (Fsp3) is 0.733. The zero-order valence-electron chi connectivity index (χ0n) is 13.7. The van der Waals surface area contributed by atoms with E-state index in [9.17, 15) is 8.42 Å². The highest BCUT2D eigenvalue weighted by atomic mass is 32.2. The maximum absolute atomic E-state index is 12.7. The molecule has 0 aliphatic carbocycles. The van der Waals surface area contributed by atoms with Gasteiger partial charge in [0.15, 0.2) is 0 Å². The lowest BCUT2D eigenvalue weighted by Crippen LogP contribution is -2.37.